The summed E-state index contributed by atoms with van der Waals surface area (Å²) in [6, 6.07) is 12.0. The van der Waals surface area contributed by atoms with Crippen LogP contribution in [0.25, 0.3) is 11.3 Å². The Morgan fingerprint density at radius 1 is 1.25 bits per heavy atom. The summed E-state index contributed by atoms with van der Waals surface area (Å²) in [6.45, 7) is 2.60. The van der Waals surface area contributed by atoms with E-state index in [4.69, 9.17) is 0 Å². The molecule has 0 fully saturated rings. The second kappa shape index (κ2) is 8.46. The lowest BCUT2D eigenvalue weighted by Crippen LogP contribution is -2.25. The predicted molar refractivity (Wildman–Crippen MR) is 105 cm³/mol. The van der Waals surface area contributed by atoms with Crippen LogP contribution in [0.1, 0.15) is 20.2 Å². The molecule has 0 spiro atoms. The number of aromatic nitrogens is 1. The van der Waals surface area contributed by atoms with E-state index in [0.717, 1.165) is 27.8 Å². The van der Waals surface area contributed by atoms with Gasteiger partial charge in [-0.25, -0.2) is 4.98 Å². The second-order valence-corrected chi connectivity index (χ2v) is 8.31. The molecule has 3 aromatic rings. The molecule has 1 N–H and O–H groups in total. The van der Waals surface area contributed by atoms with E-state index in [-0.39, 0.29) is 5.91 Å². The van der Waals surface area contributed by atoms with Gasteiger partial charge in [-0.1, -0.05) is 30.3 Å². The number of thiazole rings is 1. The lowest BCUT2D eigenvalue weighted by Gasteiger charge is -2.05. The van der Waals surface area contributed by atoms with Crippen molar-refractivity contribution in [2.24, 2.45) is 0 Å². The summed E-state index contributed by atoms with van der Waals surface area (Å²) >= 11 is 5.00. The Morgan fingerprint density at radius 2 is 2.08 bits per heavy atom. The van der Waals surface area contributed by atoms with Crippen LogP contribution in [0.2, 0.25) is 0 Å². The fourth-order valence-corrected chi connectivity index (χ4v) is 4.69. The van der Waals surface area contributed by atoms with Crippen LogP contribution in [0, 0.1) is 6.92 Å². The molecule has 0 bridgehead atoms. The van der Waals surface area contributed by atoms with Crippen molar-refractivity contribution in [1.82, 2.24) is 10.3 Å². The molecule has 3 nitrogen and oxygen atoms in total. The molecule has 0 atom stereocenters. The van der Waals surface area contributed by atoms with Gasteiger partial charge >= 0.3 is 0 Å². The fourth-order valence-electron chi connectivity index (χ4n) is 2.25. The number of benzene rings is 1. The zero-order valence-electron chi connectivity index (χ0n) is 13.3. The highest BCUT2D eigenvalue weighted by molar-refractivity contribution is 7.98. The van der Waals surface area contributed by atoms with Crippen molar-refractivity contribution in [2.45, 2.75) is 12.7 Å². The number of nitrogens with zero attached hydrogens (tertiary/aromatic N) is 1. The third-order valence-electron chi connectivity index (χ3n) is 3.37. The predicted octanol–water partition coefficient (Wildman–Crippen LogP) is 4.84. The number of amides is 1. The van der Waals surface area contributed by atoms with E-state index in [9.17, 15) is 4.79 Å². The van der Waals surface area contributed by atoms with Crippen molar-refractivity contribution < 1.29 is 4.79 Å². The number of thiophene rings is 1. The Bertz CT molecular complexity index is 782. The topological polar surface area (TPSA) is 42.0 Å². The molecular formula is C18H18N2OS3. The van der Waals surface area contributed by atoms with Crippen molar-refractivity contribution in [1.29, 1.82) is 0 Å². The SMILES string of the molecule is Cc1nc(-c2ccccc2)c(C(=O)NCCSCc2ccsc2)s1. The minimum atomic E-state index is -0.0319. The molecule has 0 aliphatic heterocycles. The van der Waals surface area contributed by atoms with Crippen LogP contribution in [0.15, 0.2) is 47.2 Å². The molecule has 0 unspecified atom stereocenters. The maximum Gasteiger partial charge on any atom is 0.263 e. The summed E-state index contributed by atoms with van der Waals surface area (Å²) in [5.74, 6) is 1.87. The molecule has 24 heavy (non-hydrogen) atoms. The Labute approximate surface area is 154 Å². The standard InChI is InChI=1S/C18H18N2OS3/c1-13-20-16(15-5-3-2-4-6-15)17(24-13)18(21)19-8-10-23-12-14-7-9-22-11-14/h2-7,9,11H,8,10,12H2,1H3,(H,19,21). The third kappa shape index (κ3) is 4.47. The molecule has 124 valence electrons. The number of hydrogen-bond acceptors (Lipinski definition) is 5. The number of rotatable bonds is 7. The summed E-state index contributed by atoms with van der Waals surface area (Å²) in [5.41, 5.74) is 3.11. The quantitative estimate of drug-likeness (QED) is 0.602. The zero-order valence-corrected chi connectivity index (χ0v) is 15.8. The molecule has 0 saturated carbocycles. The lowest BCUT2D eigenvalue weighted by molar-refractivity contribution is 0.0960. The van der Waals surface area contributed by atoms with Crippen molar-refractivity contribution in [2.75, 3.05) is 12.3 Å². The molecule has 0 radical (unpaired) electrons. The number of hydrogen-bond donors (Lipinski definition) is 1. The first kappa shape index (κ1) is 17.2. The number of carbonyl (C=O) groups is 1. The minimum Gasteiger partial charge on any atom is -0.350 e. The molecular weight excluding hydrogens is 356 g/mol. The van der Waals surface area contributed by atoms with Gasteiger partial charge in [0, 0.05) is 23.6 Å². The van der Waals surface area contributed by atoms with Crippen LogP contribution in [0.4, 0.5) is 0 Å². The van der Waals surface area contributed by atoms with Gasteiger partial charge in [-0.2, -0.15) is 23.1 Å². The Balaban J connectivity index is 1.55. The molecule has 2 heterocycles. The van der Waals surface area contributed by atoms with Gasteiger partial charge in [0.05, 0.1) is 10.7 Å². The highest BCUT2D eigenvalue weighted by Gasteiger charge is 2.17. The van der Waals surface area contributed by atoms with E-state index < -0.39 is 0 Å². The Hall–Kier alpha value is -1.63. The average molecular weight is 375 g/mol. The van der Waals surface area contributed by atoms with Gasteiger partial charge in [-0.15, -0.1) is 11.3 Å². The molecule has 1 aromatic carbocycles. The van der Waals surface area contributed by atoms with Gasteiger partial charge in [0.25, 0.3) is 5.91 Å². The number of aryl methyl sites for hydroxylation is 1. The van der Waals surface area contributed by atoms with Gasteiger partial charge < -0.3 is 5.32 Å². The maximum atomic E-state index is 12.5. The molecule has 0 aliphatic rings. The summed E-state index contributed by atoms with van der Waals surface area (Å²) in [7, 11) is 0. The largest absolute Gasteiger partial charge is 0.350 e. The van der Waals surface area contributed by atoms with Crippen LogP contribution >= 0.6 is 34.4 Å². The van der Waals surface area contributed by atoms with Gasteiger partial charge in [-0.05, 0) is 29.3 Å². The summed E-state index contributed by atoms with van der Waals surface area (Å²) in [6.07, 6.45) is 0. The van der Waals surface area contributed by atoms with Crippen molar-refractivity contribution >= 4 is 40.3 Å². The normalized spacial score (nSPS) is 10.7. The van der Waals surface area contributed by atoms with Crippen LogP contribution in [0.5, 0.6) is 0 Å². The van der Waals surface area contributed by atoms with Crippen molar-refractivity contribution in [3.8, 4) is 11.3 Å². The molecule has 0 saturated heterocycles. The van der Waals surface area contributed by atoms with Crippen LogP contribution in [-0.4, -0.2) is 23.2 Å². The lowest BCUT2D eigenvalue weighted by atomic mass is 10.1. The molecule has 3 rings (SSSR count). The van der Waals surface area contributed by atoms with E-state index >= 15 is 0 Å². The minimum absolute atomic E-state index is 0.0319. The first-order valence-corrected chi connectivity index (χ1v) is 10.6. The second-order valence-electron chi connectivity index (χ2n) is 5.22. The van der Waals surface area contributed by atoms with Crippen LogP contribution < -0.4 is 5.32 Å². The molecule has 2 aromatic heterocycles. The van der Waals surface area contributed by atoms with Gasteiger partial charge in [-0.3, -0.25) is 4.79 Å². The van der Waals surface area contributed by atoms with E-state index in [1.54, 1.807) is 11.3 Å². The average Bonchev–Trinajstić information content (AvgIpc) is 3.24. The summed E-state index contributed by atoms with van der Waals surface area (Å²) < 4.78 is 0. The van der Waals surface area contributed by atoms with E-state index in [0.29, 0.717) is 11.4 Å². The van der Waals surface area contributed by atoms with Crippen molar-refractivity contribution in [3.63, 3.8) is 0 Å². The first-order chi connectivity index (χ1) is 11.7. The van der Waals surface area contributed by atoms with E-state index in [2.05, 4.69) is 27.1 Å². The Morgan fingerprint density at radius 3 is 2.83 bits per heavy atom. The van der Waals surface area contributed by atoms with Gasteiger partial charge in [0.1, 0.15) is 4.88 Å². The van der Waals surface area contributed by atoms with Crippen LogP contribution in [0.3, 0.4) is 0 Å². The van der Waals surface area contributed by atoms with E-state index in [1.807, 2.05) is 49.0 Å². The smallest absolute Gasteiger partial charge is 0.263 e. The van der Waals surface area contributed by atoms with Gasteiger partial charge in [0.2, 0.25) is 0 Å². The highest BCUT2D eigenvalue weighted by Crippen LogP contribution is 2.27. The number of carbonyl (C=O) groups excluding carboxylic acids is 1. The van der Waals surface area contributed by atoms with Gasteiger partial charge in [0.15, 0.2) is 0 Å². The monoisotopic (exact) mass is 374 g/mol. The first-order valence-electron chi connectivity index (χ1n) is 7.64. The molecule has 1 amide bonds. The van der Waals surface area contributed by atoms with Crippen LogP contribution in [-0.2, 0) is 5.75 Å². The summed E-state index contributed by atoms with van der Waals surface area (Å²) in [4.78, 5) is 17.7. The third-order valence-corrected chi connectivity index (χ3v) is 6.10. The highest BCUT2D eigenvalue weighted by atomic mass is 32.2. The van der Waals surface area contributed by atoms with Crippen molar-refractivity contribution in [3.05, 3.63) is 62.6 Å². The summed E-state index contributed by atoms with van der Waals surface area (Å²) in [5, 5.41) is 8.18. The van der Waals surface area contributed by atoms with E-state index in [1.165, 1.54) is 16.9 Å². The Kier molecular flexibility index (Phi) is 6.07. The molecule has 0 aliphatic carbocycles. The number of thioether (sulfide) groups is 1. The maximum absolute atomic E-state index is 12.5. The number of nitrogens with one attached hydrogen (secondary N) is 1. The fraction of sp³-hybridized carbons (Fsp3) is 0.222. The molecule has 6 heteroatoms. The zero-order chi connectivity index (χ0) is 16.8.